The van der Waals surface area contributed by atoms with Crippen molar-refractivity contribution in [2.24, 2.45) is 0 Å². The van der Waals surface area contributed by atoms with Gasteiger partial charge in [-0.15, -0.1) is 0 Å². The summed E-state index contributed by atoms with van der Waals surface area (Å²) < 4.78 is 6.72. The molecule has 0 aromatic heterocycles. The van der Waals surface area contributed by atoms with Crippen LogP contribution in [0.15, 0.2) is 72.8 Å². The van der Waals surface area contributed by atoms with Crippen LogP contribution in [0.25, 0.3) is 21.5 Å². The van der Waals surface area contributed by atoms with Crippen molar-refractivity contribution in [3.63, 3.8) is 0 Å². The van der Waals surface area contributed by atoms with Crippen LogP contribution in [0.5, 0.6) is 11.5 Å². The van der Waals surface area contributed by atoms with Gasteiger partial charge in [0.2, 0.25) is 0 Å². The lowest BCUT2D eigenvalue weighted by atomic mass is 9.84. The molecule has 0 N–H and O–H groups in total. The standard InChI is InChI=1S/C34H33NO/c1-20-18-29-32(27-14-10-8-12-25(20)27)35(31-22(3)16-24(17-23(31)4)34(5,6)7)33-28-15-11-9-13-26(28)21(2)19-30(33)36-29/h8-19H,1-7H3. The van der Waals surface area contributed by atoms with E-state index in [0.29, 0.717) is 0 Å². The van der Waals surface area contributed by atoms with E-state index in [2.05, 4.69) is 126 Å². The molecule has 6 rings (SSSR count). The first-order chi connectivity index (χ1) is 17.1. The molecule has 1 heterocycles. The van der Waals surface area contributed by atoms with Crippen LogP contribution >= 0.6 is 0 Å². The van der Waals surface area contributed by atoms with E-state index in [4.69, 9.17) is 4.74 Å². The van der Waals surface area contributed by atoms with Gasteiger partial charge >= 0.3 is 0 Å². The Morgan fingerprint density at radius 3 is 1.36 bits per heavy atom. The Bertz CT molecular complexity index is 1570. The van der Waals surface area contributed by atoms with Crippen molar-refractivity contribution in [1.29, 1.82) is 0 Å². The summed E-state index contributed by atoms with van der Waals surface area (Å²) in [4.78, 5) is 2.48. The number of hydrogen-bond acceptors (Lipinski definition) is 2. The molecule has 0 amide bonds. The van der Waals surface area contributed by atoms with E-state index in [0.717, 1.165) is 22.9 Å². The summed E-state index contributed by atoms with van der Waals surface area (Å²) in [5.41, 5.74) is 9.90. The summed E-state index contributed by atoms with van der Waals surface area (Å²) >= 11 is 0. The number of hydrogen-bond donors (Lipinski definition) is 0. The fourth-order valence-corrected chi connectivity index (χ4v) is 5.83. The summed E-state index contributed by atoms with van der Waals surface area (Å²) in [7, 11) is 0. The molecule has 1 aliphatic heterocycles. The first-order valence-electron chi connectivity index (χ1n) is 12.8. The number of fused-ring (bicyclic) bond motifs is 6. The second kappa shape index (κ2) is 7.86. The molecule has 0 unspecified atom stereocenters. The molecule has 0 atom stereocenters. The van der Waals surface area contributed by atoms with Gasteiger partial charge in [0, 0.05) is 10.8 Å². The van der Waals surface area contributed by atoms with Gasteiger partial charge in [0.15, 0.2) is 11.5 Å². The Hall–Kier alpha value is -3.78. The Balaban J connectivity index is 1.78. The number of rotatable bonds is 1. The third-order valence-electron chi connectivity index (χ3n) is 7.62. The van der Waals surface area contributed by atoms with Gasteiger partial charge in [-0.3, -0.25) is 0 Å². The highest BCUT2D eigenvalue weighted by Crippen LogP contribution is 2.57. The second-order valence-corrected chi connectivity index (χ2v) is 11.3. The Kier molecular flexibility index (Phi) is 4.95. The maximum Gasteiger partial charge on any atom is 0.152 e. The van der Waals surface area contributed by atoms with Crippen LogP contribution in [-0.4, -0.2) is 0 Å². The molecule has 5 aromatic carbocycles. The fourth-order valence-electron chi connectivity index (χ4n) is 5.83. The summed E-state index contributed by atoms with van der Waals surface area (Å²) in [6.45, 7) is 15.7. The minimum absolute atomic E-state index is 0.0858. The molecule has 180 valence electrons. The van der Waals surface area contributed by atoms with E-state index < -0.39 is 0 Å². The molecule has 1 aliphatic rings. The maximum atomic E-state index is 6.72. The van der Waals surface area contributed by atoms with Crippen LogP contribution in [0, 0.1) is 27.7 Å². The molecular weight excluding hydrogens is 438 g/mol. The van der Waals surface area contributed by atoms with Gasteiger partial charge in [-0.2, -0.15) is 0 Å². The van der Waals surface area contributed by atoms with Gasteiger partial charge in [0.1, 0.15) is 0 Å². The van der Waals surface area contributed by atoms with Gasteiger partial charge in [-0.25, -0.2) is 0 Å². The third kappa shape index (κ3) is 3.32. The van der Waals surface area contributed by atoms with Gasteiger partial charge in [-0.05, 0) is 83.8 Å². The van der Waals surface area contributed by atoms with Crippen LogP contribution in [0.1, 0.15) is 48.6 Å². The molecule has 0 aliphatic carbocycles. The highest BCUT2D eigenvalue weighted by atomic mass is 16.5. The normalized spacial score (nSPS) is 13.0. The van der Waals surface area contributed by atoms with Gasteiger partial charge < -0.3 is 9.64 Å². The van der Waals surface area contributed by atoms with Crippen LogP contribution < -0.4 is 9.64 Å². The lowest BCUT2D eigenvalue weighted by Crippen LogP contribution is -2.20. The lowest BCUT2D eigenvalue weighted by molar-refractivity contribution is 0.478. The summed E-state index contributed by atoms with van der Waals surface area (Å²) in [5, 5.41) is 4.93. The smallest absolute Gasteiger partial charge is 0.152 e. The summed E-state index contributed by atoms with van der Waals surface area (Å²) in [5.74, 6) is 1.82. The zero-order chi connectivity index (χ0) is 25.4. The first-order valence-corrected chi connectivity index (χ1v) is 12.8. The first kappa shape index (κ1) is 22.7. The van der Waals surface area contributed by atoms with E-state index >= 15 is 0 Å². The van der Waals surface area contributed by atoms with Crippen LogP contribution in [0.2, 0.25) is 0 Å². The minimum atomic E-state index is 0.0858. The van der Waals surface area contributed by atoms with Crippen molar-refractivity contribution < 1.29 is 4.74 Å². The topological polar surface area (TPSA) is 12.5 Å². The van der Waals surface area contributed by atoms with E-state index in [9.17, 15) is 0 Å². The molecule has 0 saturated heterocycles. The van der Waals surface area contributed by atoms with Crippen molar-refractivity contribution in [2.45, 2.75) is 53.9 Å². The number of nitrogens with zero attached hydrogens (tertiary/aromatic N) is 1. The molecule has 2 nitrogen and oxygen atoms in total. The van der Waals surface area contributed by atoms with Crippen LogP contribution in [0.4, 0.5) is 17.1 Å². The molecule has 0 saturated carbocycles. The number of benzene rings is 5. The molecular formula is C34H33NO. The van der Waals surface area contributed by atoms with Crippen molar-refractivity contribution in [3.05, 3.63) is 101 Å². The van der Waals surface area contributed by atoms with E-state index in [-0.39, 0.29) is 5.41 Å². The van der Waals surface area contributed by atoms with Crippen molar-refractivity contribution in [3.8, 4) is 11.5 Å². The fraction of sp³-hybridized carbons (Fsp3) is 0.235. The van der Waals surface area contributed by atoms with Crippen molar-refractivity contribution >= 4 is 38.6 Å². The second-order valence-electron chi connectivity index (χ2n) is 11.3. The predicted octanol–water partition coefficient (Wildman–Crippen LogP) is 10.1. The molecule has 0 spiro atoms. The molecule has 0 radical (unpaired) electrons. The Labute approximate surface area is 214 Å². The molecule has 0 bridgehead atoms. The number of ether oxygens (including phenoxy) is 1. The largest absolute Gasteiger partial charge is 0.453 e. The average molecular weight is 472 g/mol. The minimum Gasteiger partial charge on any atom is -0.453 e. The van der Waals surface area contributed by atoms with E-state index in [1.807, 2.05) is 0 Å². The van der Waals surface area contributed by atoms with Crippen LogP contribution in [0.3, 0.4) is 0 Å². The lowest BCUT2D eigenvalue weighted by Gasteiger charge is -2.37. The highest BCUT2D eigenvalue weighted by molar-refractivity contribution is 6.11. The van der Waals surface area contributed by atoms with E-state index in [1.54, 1.807) is 0 Å². The predicted molar refractivity (Wildman–Crippen MR) is 154 cm³/mol. The summed E-state index contributed by atoms with van der Waals surface area (Å²) in [6, 6.07) is 26.5. The van der Waals surface area contributed by atoms with Gasteiger partial charge in [-0.1, -0.05) is 81.4 Å². The SMILES string of the molecule is Cc1cc(C(C)(C)C)cc(C)c1N1c2c(cc(C)c3ccccc23)Oc2cc(C)c3ccccc3c21. The van der Waals surface area contributed by atoms with Crippen molar-refractivity contribution in [2.75, 3.05) is 4.90 Å². The van der Waals surface area contributed by atoms with E-state index in [1.165, 1.54) is 55.0 Å². The van der Waals surface area contributed by atoms with Crippen molar-refractivity contribution in [1.82, 2.24) is 0 Å². The van der Waals surface area contributed by atoms with Crippen LogP contribution in [-0.2, 0) is 5.41 Å². The number of aryl methyl sites for hydroxylation is 4. The number of anilines is 3. The molecule has 5 aromatic rings. The average Bonchev–Trinajstić information content (AvgIpc) is 2.83. The van der Waals surface area contributed by atoms with Gasteiger partial charge in [0.25, 0.3) is 0 Å². The quantitative estimate of drug-likeness (QED) is 0.236. The third-order valence-corrected chi connectivity index (χ3v) is 7.62. The summed E-state index contributed by atoms with van der Waals surface area (Å²) in [6.07, 6.45) is 0. The zero-order valence-electron chi connectivity index (χ0n) is 22.3. The monoisotopic (exact) mass is 471 g/mol. The Morgan fingerprint density at radius 2 is 0.944 bits per heavy atom. The molecule has 0 fully saturated rings. The zero-order valence-corrected chi connectivity index (χ0v) is 22.3. The maximum absolute atomic E-state index is 6.72. The molecule has 2 heteroatoms. The highest BCUT2D eigenvalue weighted by Gasteiger charge is 2.32. The molecule has 36 heavy (non-hydrogen) atoms. The van der Waals surface area contributed by atoms with Gasteiger partial charge in [0.05, 0.1) is 17.1 Å². The Morgan fingerprint density at radius 1 is 0.528 bits per heavy atom.